The summed E-state index contributed by atoms with van der Waals surface area (Å²) >= 11 is 0. The Balaban J connectivity index is 1.61. The van der Waals surface area contributed by atoms with Crippen molar-refractivity contribution in [2.24, 2.45) is 0 Å². The van der Waals surface area contributed by atoms with E-state index in [2.05, 4.69) is 11.4 Å². The highest BCUT2D eigenvalue weighted by atomic mass is 16.3. The number of carbonyl (C=O) groups is 2. The van der Waals surface area contributed by atoms with Gasteiger partial charge in [0.2, 0.25) is 5.91 Å². The van der Waals surface area contributed by atoms with Gasteiger partial charge in [0.1, 0.15) is 6.04 Å². The number of likely N-dealkylation sites (tertiary alicyclic amines) is 1. The number of aliphatic hydroxyl groups excluding tert-OH is 1. The highest BCUT2D eigenvalue weighted by Crippen LogP contribution is 2.16. The third kappa shape index (κ3) is 3.90. The average molecular weight is 349 g/mol. The van der Waals surface area contributed by atoms with Gasteiger partial charge in [0.25, 0.3) is 5.91 Å². The Hall–Kier alpha value is -3.17. The Bertz CT molecular complexity index is 855. The Labute approximate surface area is 151 Å². The van der Waals surface area contributed by atoms with E-state index in [-0.39, 0.29) is 18.4 Å². The van der Waals surface area contributed by atoms with Crippen LogP contribution in [-0.4, -0.2) is 34.4 Å². The molecule has 2 aromatic carbocycles. The molecule has 0 radical (unpaired) electrons. The van der Waals surface area contributed by atoms with Gasteiger partial charge < -0.3 is 15.3 Å². The second kappa shape index (κ2) is 7.81. The van der Waals surface area contributed by atoms with Crippen molar-refractivity contribution in [1.82, 2.24) is 10.2 Å². The molecule has 1 fully saturated rings. The summed E-state index contributed by atoms with van der Waals surface area (Å²) in [7, 11) is 0. The van der Waals surface area contributed by atoms with Crippen LogP contribution in [0, 0.1) is 11.3 Å². The van der Waals surface area contributed by atoms with Crippen molar-refractivity contribution < 1.29 is 14.7 Å². The highest BCUT2D eigenvalue weighted by Gasteiger charge is 2.32. The Kier molecular flexibility index (Phi) is 5.30. The molecule has 26 heavy (non-hydrogen) atoms. The van der Waals surface area contributed by atoms with E-state index in [0.29, 0.717) is 36.2 Å². The van der Waals surface area contributed by atoms with Gasteiger partial charge in [0.05, 0.1) is 18.2 Å². The van der Waals surface area contributed by atoms with Gasteiger partial charge in [0.15, 0.2) is 0 Å². The van der Waals surface area contributed by atoms with Gasteiger partial charge in [-0.25, -0.2) is 0 Å². The third-order valence-corrected chi connectivity index (χ3v) is 4.43. The summed E-state index contributed by atoms with van der Waals surface area (Å²) in [6, 6.07) is 15.3. The standard InChI is InChI=1S/C20H19N3O3/c21-11-14-4-6-15(7-5-14)12-23-9-8-18(20(23)26)22-19(25)17-3-1-2-16(10-17)13-24/h1-7,10,18,24H,8-9,12-13H2,(H,22,25). The summed E-state index contributed by atoms with van der Waals surface area (Å²) in [5, 5.41) is 20.8. The lowest BCUT2D eigenvalue weighted by Crippen LogP contribution is -2.41. The van der Waals surface area contributed by atoms with Gasteiger partial charge in [-0.1, -0.05) is 24.3 Å². The lowest BCUT2D eigenvalue weighted by atomic mass is 10.1. The van der Waals surface area contributed by atoms with Crippen LogP contribution in [0.25, 0.3) is 0 Å². The molecule has 1 atom stereocenters. The molecule has 1 aliphatic heterocycles. The first-order chi connectivity index (χ1) is 12.6. The van der Waals surface area contributed by atoms with Crippen molar-refractivity contribution in [3.63, 3.8) is 0 Å². The number of nitrogens with one attached hydrogen (secondary N) is 1. The second-order valence-corrected chi connectivity index (χ2v) is 6.24. The van der Waals surface area contributed by atoms with Crippen LogP contribution in [0.2, 0.25) is 0 Å². The molecule has 6 nitrogen and oxygen atoms in total. The van der Waals surface area contributed by atoms with E-state index in [0.717, 1.165) is 5.56 Å². The van der Waals surface area contributed by atoms with Gasteiger partial charge >= 0.3 is 0 Å². The summed E-state index contributed by atoms with van der Waals surface area (Å²) in [4.78, 5) is 26.6. The van der Waals surface area contributed by atoms with Crippen LogP contribution in [0.1, 0.15) is 33.5 Å². The van der Waals surface area contributed by atoms with Crippen LogP contribution < -0.4 is 5.32 Å². The van der Waals surface area contributed by atoms with Crippen LogP contribution in [0.15, 0.2) is 48.5 Å². The molecule has 3 rings (SSSR count). The molecule has 0 bridgehead atoms. The molecular weight excluding hydrogens is 330 g/mol. The number of benzene rings is 2. The van der Waals surface area contributed by atoms with Gasteiger partial charge in [-0.3, -0.25) is 9.59 Å². The molecule has 2 N–H and O–H groups in total. The maximum atomic E-state index is 12.5. The maximum absolute atomic E-state index is 12.5. The minimum absolute atomic E-state index is 0.110. The Morgan fingerprint density at radius 1 is 1.23 bits per heavy atom. The number of nitrogens with zero attached hydrogens (tertiary/aromatic N) is 2. The van der Waals surface area contributed by atoms with E-state index < -0.39 is 6.04 Å². The molecule has 132 valence electrons. The van der Waals surface area contributed by atoms with Gasteiger partial charge in [-0.2, -0.15) is 5.26 Å². The zero-order valence-electron chi connectivity index (χ0n) is 14.2. The van der Waals surface area contributed by atoms with Crippen molar-refractivity contribution >= 4 is 11.8 Å². The van der Waals surface area contributed by atoms with E-state index in [1.807, 2.05) is 12.1 Å². The number of hydrogen-bond acceptors (Lipinski definition) is 4. The maximum Gasteiger partial charge on any atom is 0.251 e. The predicted molar refractivity (Wildman–Crippen MR) is 94.8 cm³/mol. The molecule has 1 unspecified atom stereocenters. The number of amides is 2. The third-order valence-electron chi connectivity index (χ3n) is 4.43. The zero-order valence-corrected chi connectivity index (χ0v) is 14.2. The summed E-state index contributed by atoms with van der Waals surface area (Å²) in [5.74, 6) is -0.431. The molecule has 0 saturated carbocycles. The van der Waals surface area contributed by atoms with E-state index in [4.69, 9.17) is 10.4 Å². The van der Waals surface area contributed by atoms with Crippen LogP contribution in [0.5, 0.6) is 0 Å². The van der Waals surface area contributed by atoms with Gasteiger partial charge in [-0.05, 0) is 41.8 Å². The smallest absolute Gasteiger partial charge is 0.251 e. The topological polar surface area (TPSA) is 93.4 Å². The fourth-order valence-electron chi connectivity index (χ4n) is 2.99. The van der Waals surface area contributed by atoms with E-state index in [1.165, 1.54) is 0 Å². The minimum Gasteiger partial charge on any atom is -0.392 e. The van der Waals surface area contributed by atoms with Crippen molar-refractivity contribution in [3.8, 4) is 6.07 Å². The largest absolute Gasteiger partial charge is 0.392 e. The number of nitriles is 1. The number of rotatable bonds is 5. The molecule has 0 spiro atoms. The zero-order chi connectivity index (χ0) is 18.5. The molecule has 6 heteroatoms. The highest BCUT2D eigenvalue weighted by molar-refractivity contribution is 5.98. The normalized spacial score (nSPS) is 16.4. The van der Waals surface area contributed by atoms with Crippen molar-refractivity contribution in [2.75, 3.05) is 6.54 Å². The van der Waals surface area contributed by atoms with E-state index >= 15 is 0 Å². The van der Waals surface area contributed by atoms with E-state index in [9.17, 15) is 9.59 Å². The molecule has 0 aromatic heterocycles. The predicted octanol–water partition coefficient (Wildman–Crippen LogP) is 1.58. The average Bonchev–Trinajstić information content (AvgIpc) is 3.02. The first-order valence-corrected chi connectivity index (χ1v) is 8.39. The van der Waals surface area contributed by atoms with E-state index in [1.54, 1.807) is 41.3 Å². The lowest BCUT2D eigenvalue weighted by Gasteiger charge is -2.17. The molecule has 1 saturated heterocycles. The Morgan fingerprint density at radius 3 is 2.69 bits per heavy atom. The molecule has 0 aliphatic carbocycles. The fourth-order valence-corrected chi connectivity index (χ4v) is 2.99. The van der Waals surface area contributed by atoms with Gasteiger partial charge in [0, 0.05) is 18.7 Å². The first kappa shape index (κ1) is 17.6. The molecular formula is C20H19N3O3. The summed E-state index contributed by atoms with van der Waals surface area (Å²) in [5.41, 5.74) is 2.60. The molecule has 2 amide bonds. The fraction of sp³-hybridized carbons (Fsp3) is 0.250. The summed E-state index contributed by atoms with van der Waals surface area (Å²) in [6.45, 7) is 0.888. The summed E-state index contributed by atoms with van der Waals surface area (Å²) < 4.78 is 0. The summed E-state index contributed by atoms with van der Waals surface area (Å²) in [6.07, 6.45) is 0.556. The van der Waals surface area contributed by atoms with Crippen molar-refractivity contribution in [3.05, 3.63) is 70.8 Å². The first-order valence-electron chi connectivity index (χ1n) is 8.39. The number of hydrogen-bond donors (Lipinski definition) is 2. The minimum atomic E-state index is -0.543. The Morgan fingerprint density at radius 2 is 2.00 bits per heavy atom. The van der Waals surface area contributed by atoms with Crippen LogP contribution in [-0.2, 0) is 17.9 Å². The van der Waals surface area contributed by atoms with Crippen molar-refractivity contribution in [1.29, 1.82) is 5.26 Å². The quantitative estimate of drug-likeness (QED) is 0.857. The number of aliphatic hydroxyl groups is 1. The molecule has 1 aliphatic rings. The van der Waals surface area contributed by atoms with Crippen LogP contribution >= 0.6 is 0 Å². The van der Waals surface area contributed by atoms with Crippen LogP contribution in [0.4, 0.5) is 0 Å². The number of carbonyl (C=O) groups excluding carboxylic acids is 2. The SMILES string of the molecule is N#Cc1ccc(CN2CCC(NC(=O)c3cccc(CO)c3)C2=O)cc1. The van der Waals surface area contributed by atoms with Gasteiger partial charge in [-0.15, -0.1) is 0 Å². The monoisotopic (exact) mass is 349 g/mol. The van der Waals surface area contributed by atoms with Crippen LogP contribution in [0.3, 0.4) is 0 Å². The lowest BCUT2D eigenvalue weighted by molar-refractivity contribution is -0.129. The molecule has 2 aromatic rings. The second-order valence-electron chi connectivity index (χ2n) is 6.24. The molecule has 1 heterocycles. The van der Waals surface area contributed by atoms with Crippen molar-refractivity contribution in [2.45, 2.75) is 25.6 Å².